The lowest BCUT2D eigenvalue weighted by atomic mass is 9.57. The molecule has 7 atom stereocenters. The lowest BCUT2D eigenvalue weighted by Crippen LogP contribution is -2.65. The summed E-state index contributed by atoms with van der Waals surface area (Å²) in [6.45, 7) is 1.68. The Hall–Kier alpha value is -0.610. The maximum atomic E-state index is 12.3. The highest BCUT2D eigenvalue weighted by Crippen LogP contribution is 2.62. The van der Waals surface area contributed by atoms with Crippen LogP contribution in [0.4, 0.5) is 0 Å². The molecule has 4 rings (SSSR count). The molecule has 0 aromatic rings. The zero-order valence-corrected chi connectivity index (χ0v) is 11.3. The molecule has 0 aromatic carbocycles. The molecule has 4 aliphatic rings. The Morgan fingerprint density at radius 2 is 2.16 bits per heavy atom. The van der Waals surface area contributed by atoms with Crippen molar-refractivity contribution >= 4 is 5.97 Å². The van der Waals surface area contributed by atoms with Gasteiger partial charge >= 0.3 is 5.97 Å². The quantitative estimate of drug-likeness (QED) is 0.634. The van der Waals surface area contributed by atoms with Crippen LogP contribution in [0.2, 0.25) is 0 Å². The van der Waals surface area contributed by atoms with Crippen molar-refractivity contribution in [2.24, 2.45) is 23.7 Å². The van der Waals surface area contributed by atoms with Crippen LogP contribution in [0, 0.1) is 23.7 Å². The fourth-order valence-corrected chi connectivity index (χ4v) is 4.78. The van der Waals surface area contributed by atoms with E-state index < -0.39 is 36.4 Å². The molecule has 4 fully saturated rings. The number of carbonyl (C=O) groups is 1. The second kappa shape index (κ2) is 3.53. The summed E-state index contributed by atoms with van der Waals surface area (Å²) >= 11 is 0. The van der Waals surface area contributed by atoms with Gasteiger partial charge in [0.05, 0.1) is 5.92 Å². The van der Waals surface area contributed by atoms with Crippen molar-refractivity contribution in [2.75, 3.05) is 0 Å². The number of fused-ring (bicyclic) bond motifs is 1. The Bertz CT molecular complexity index is 521. The van der Waals surface area contributed by atoms with Crippen LogP contribution in [0.1, 0.15) is 50.5 Å². The fourth-order valence-electron chi connectivity index (χ4n) is 4.78. The molecule has 1 saturated carbocycles. The van der Waals surface area contributed by atoms with Gasteiger partial charge in [-0.05, 0) is 38.0 Å². The summed E-state index contributed by atoms with van der Waals surface area (Å²) in [6.07, 6.45) is 2.51. The van der Waals surface area contributed by atoms with Gasteiger partial charge in [-0.1, -0.05) is 13.8 Å². The largest absolute Gasteiger partial charge is 0.432 e. The molecule has 19 heavy (non-hydrogen) atoms. The molecule has 4 heteroatoms. The molecule has 0 aromatic heterocycles. The summed E-state index contributed by atoms with van der Waals surface area (Å²) in [7, 11) is 0. The van der Waals surface area contributed by atoms with Crippen LogP contribution >= 0.6 is 0 Å². The monoisotopic (exact) mass is 269 g/mol. The van der Waals surface area contributed by atoms with Crippen LogP contribution in [0.5, 0.6) is 0 Å². The minimum atomic E-state index is -2.37. The molecule has 1 aliphatic carbocycles. The predicted molar refractivity (Wildman–Crippen MR) is 67.0 cm³/mol. The molecular formula is C15H22O4. The first kappa shape index (κ1) is 9.35. The third kappa shape index (κ3) is 1.34. The molecule has 0 radical (unpaired) electrons. The first-order valence-electron chi connectivity index (χ1n) is 8.76. The summed E-state index contributed by atoms with van der Waals surface area (Å²) in [6, 6.07) is 0. The number of rotatable bonds is 0. The van der Waals surface area contributed by atoms with E-state index in [4.69, 9.17) is 18.3 Å². The average molecular weight is 269 g/mol. The molecule has 0 unspecified atom stereocenters. The maximum absolute atomic E-state index is 12.3. The number of hydrogen-bond donors (Lipinski definition) is 0. The molecule has 1 spiro atoms. The van der Waals surface area contributed by atoms with Crippen molar-refractivity contribution in [3.63, 3.8) is 0 Å². The Morgan fingerprint density at radius 3 is 2.95 bits per heavy atom. The fraction of sp³-hybridized carbons (Fsp3) is 0.933. The van der Waals surface area contributed by atoms with Gasteiger partial charge in [-0.25, -0.2) is 0 Å². The molecular weight excluding hydrogens is 244 g/mol. The highest BCUT2D eigenvalue weighted by atomic mass is 16.8. The molecule has 0 N–H and O–H groups in total. The standard InChI is InChI=1S/C15H22O4/c1-8-4-5-11-9(2)12(16)17-13-15(11)10(8)6-7-14(3,18-13)19-15/h8-11,13H,4-7H2,1-3H3/t8-,9-,10+,11+,13-,14-,15-/m1/s1/i2D3. The molecule has 106 valence electrons. The second-order valence-corrected chi connectivity index (χ2v) is 6.76. The van der Waals surface area contributed by atoms with Gasteiger partial charge in [-0.3, -0.25) is 4.79 Å². The van der Waals surface area contributed by atoms with Gasteiger partial charge in [0.25, 0.3) is 0 Å². The van der Waals surface area contributed by atoms with E-state index in [1.165, 1.54) is 0 Å². The number of esters is 1. The molecule has 4 nitrogen and oxygen atoms in total. The molecule has 3 heterocycles. The highest BCUT2D eigenvalue weighted by Gasteiger charge is 2.72. The van der Waals surface area contributed by atoms with Gasteiger partial charge in [0.15, 0.2) is 5.79 Å². The van der Waals surface area contributed by atoms with E-state index in [-0.39, 0.29) is 11.8 Å². The van der Waals surface area contributed by atoms with Crippen molar-refractivity contribution in [1.29, 1.82) is 0 Å². The van der Waals surface area contributed by atoms with E-state index in [0.29, 0.717) is 12.3 Å². The van der Waals surface area contributed by atoms with Crippen molar-refractivity contribution in [2.45, 2.75) is 64.1 Å². The lowest BCUT2D eigenvalue weighted by molar-refractivity contribution is -0.263. The Balaban J connectivity index is 1.84. The molecule has 2 bridgehead atoms. The third-order valence-corrected chi connectivity index (χ3v) is 5.69. The van der Waals surface area contributed by atoms with Crippen LogP contribution in [0.15, 0.2) is 0 Å². The van der Waals surface area contributed by atoms with Crippen molar-refractivity contribution in [1.82, 2.24) is 0 Å². The minimum Gasteiger partial charge on any atom is -0.432 e. The van der Waals surface area contributed by atoms with Gasteiger partial charge in [-0.15, -0.1) is 0 Å². The SMILES string of the molecule is [2H]C([2H])([2H])[C@H]1C(=O)O[C@@H]2O[C@@]3(C)CC[C@H]4[C@H](C)CC[C@@H]1[C@@]24O3. The normalized spacial score (nSPS) is 62.5. The number of carbonyl (C=O) groups excluding carboxylic acids is 1. The maximum Gasteiger partial charge on any atom is 0.311 e. The van der Waals surface area contributed by atoms with E-state index in [9.17, 15) is 4.79 Å². The Morgan fingerprint density at radius 1 is 1.32 bits per heavy atom. The first-order valence-corrected chi connectivity index (χ1v) is 7.26. The third-order valence-electron chi connectivity index (χ3n) is 5.69. The average Bonchev–Trinajstić information content (AvgIpc) is 2.60. The van der Waals surface area contributed by atoms with Crippen LogP contribution in [0.25, 0.3) is 0 Å². The summed E-state index contributed by atoms with van der Waals surface area (Å²) in [5.41, 5.74) is -0.780. The Labute approximate surface area is 118 Å². The van der Waals surface area contributed by atoms with Gasteiger partial charge in [-0.2, -0.15) is 0 Å². The van der Waals surface area contributed by atoms with E-state index in [1.54, 1.807) is 0 Å². The molecule has 3 saturated heterocycles. The summed E-state index contributed by atoms with van der Waals surface area (Å²) in [5.74, 6) is -2.28. The van der Waals surface area contributed by atoms with Crippen LogP contribution < -0.4 is 0 Å². The van der Waals surface area contributed by atoms with Crippen molar-refractivity contribution < 1.29 is 23.1 Å². The van der Waals surface area contributed by atoms with Gasteiger partial charge in [0.2, 0.25) is 6.29 Å². The van der Waals surface area contributed by atoms with E-state index in [0.717, 1.165) is 19.3 Å². The zero-order chi connectivity index (χ0) is 15.9. The predicted octanol–water partition coefficient (Wildman–Crippen LogP) is 2.46. The van der Waals surface area contributed by atoms with Crippen molar-refractivity contribution in [3.8, 4) is 0 Å². The number of hydrogen-bond acceptors (Lipinski definition) is 4. The topological polar surface area (TPSA) is 44.8 Å². The lowest BCUT2D eigenvalue weighted by Gasteiger charge is -2.56. The van der Waals surface area contributed by atoms with Gasteiger partial charge < -0.3 is 14.2 Å². The molecule has 3 aliphatic heterocycles. The summed E-state index contributed by atoms with van der Waals surface area (Å²) in [5, 5.41) is 0. The highest BCUT2D eigenvalue weighted by molar-refractivity contribution is 5.74. The molecule has 0 amide bonds. The second-order valence-electron chi connectivity index (χ2n) is 6.76. The minimum absolute atomic E-state index is 0.185. The van der Waals surface area contributed by atoms with Gasteiger partial charge in [0.1, 0.15) is 5.60 Å². The summed E-state index contributed by atoms with van der Waals surface area (Å²) in [4.78, 5) is 12.3. The van der Waals surface area contributed by atoms with E-state index in [1.807, 2.05) is 6.92 Å². The van der Waals surface area contributed by atoms with E-state index in [2.05, 4.69) is 6.92 Å². The van der Waals surface area contributed by atoms with Crippen molar-refractivity contribution in [3.05, 3.63) is 0 Å². The number of ether oxygens (including phenoxy) is 3. The first-order chi connectivity index (χ1) is 10.2. The van der Waals surface area contributed by atoms with Crippen LogP contribution in [0.3, 0.4) is 0 Å². The van der Waals surface area contributed by atoms with Crippen LogP contribution in [-0.2, 0) is 19.0 Å². The Kier molecular flexibility index (Phi) is 1.74. The van der Waals surface area contributed by atoms with E-state index >= 15 is 0 Å². The summed E-state index contributed by atoms with van der Waals surface area (Å²) < 4.78 is 41.1. The zero-order valence-electron chi connectivity index (χ0n) is 14.3. The van der Waals surface area contributed by atoms with Gasteiger partial charge in [0, 0.05) is 16.5 Å². The smallest absolute Gasteiger partial charge is 0.311 e. The van der Waals surface area contributed by atoms with Crippen LogP contribution in [-0.4, -0.2) is 23.6 Å².